The van der Waals surface area contributed by atoms with Crippen LogP contribution in [-0.4, -0.2) is 42.6 Å². The molecule has 7 heteroatoms. The summed E-state index contributed by atoms with van der Waals surface area (Å²) in [5.74, 6) is -1.37. The first kappa shape index (κ1) is 15.7. The average molecular weight is 283 g/mol. The van der Waals surface area contributed by atoms with Gasteiger partial charge in [0.05, 0.1) is 7.11 Å². The molecule has 0 saturated heterocycles. The van der Waals surface area contributed by atoms with Crippen LogP contribution in [0, 0.1) is 11.7 Å². The highest BCUT2D eigenvalue weighted by atomic mass is 19.1. The van der Waals surface area contributed by atoms with Gasteiger partial charge in [0.25, 0.3) is 5.91 Å². The molecule has 1 atom stereocenters. The van der Waals surface area contributed by atoms with E-state index in [-0.39, 0.29) is 29.6 Å². The SMILES string of the molecule is COc1cccc(F)c1C(=O)N(C)CC(C)C(N)=NO. The standard InChI is InChI=1S/C13H18FN3O3/c1-8(12(15)16-19)7-17(2)13(18)11-9(14)5-4-6-10(11)20-3/h4-6,8,19H,7H2,1-3H3,(H2,15,16). The second-order valence-corrected chi connectivity index (χ2v) is 4.43. The van der Waals surface area contributed by atoms with Gasteiger partial charge in [0, 0.05) is 19.5 Å². The van der Waals surface area contributed by atoms with E-state index in [0.717, 1.165) is 0 Å². The molecule has 0 heterocycles. The minimum Gasteiger partial charge on any atom is -0.496 e. The van der Waals surface area contributed by atoms with E-state index in [0.29, 0.717) is 0 Å². The highest BCUT2D eigenvalue weighted by Gasteiger charge is 2.23. The maximum atomic E-state index is 13.8. The highest BCUT2D eigenvalue weighted by Crippen LogP contribution is 2.22. The number of carbonyl (C=O) groups excluding carboxylic acids is 1. The molecule has 1 unspecified atom stereocenters. The Kier molecular flexibility index (Phi) is 5.31. The number of hydrogen-bond donors (Lipinski definition) is 2. The number of halogens is 1. The normalized spacial score (nSPS) is 12.9. The molecule has 1 aromatic rings. The molecular formula is C13H18FN3O3. The molecule has 0 aliphatic carbocycles. The van der Waals surface area contributed by atoms with Crippen molar-refractivity contribution in [2.75, 3.05) is 20.7 Å². The lowest BCUT2D eigenvalue weighted by Crippen LogP contribution is -2.36. The molecule has 1 rings (SSSR count). The van der Waals surface area contributed by atoms with E-state index in [1.165, 1.54) is 37.3 Å². The Labute approximate surface area is 116 Å². The van der Waals surface area contributed by atoms with E-state index >= 15 is 0 Å². The Hall–Kier alpha value is -2.31. The van der Waals surface area contributed by atoms with Crippen LogP contribution in [0.3, 0.4) is 0 Å². The van der Waals surface area contributed by atoms with Crippen molar-refractivity contribution in [1.82, 2.24) is 4.90 Å². The number of nitrogens with zero attached hydrogens (tertiary/aromatic N) is 2. The number of benzene rings is 1. The topological polar surface area (TPSA) is 88.2 Å². The minimum absolute atomic E-state index is 0.00477. The Morgan fingerprint density at radius 3 is 2.80 bits per heavy atom. The maximum Gasteiger partial charge on any atom is 0.260 e. The largest absolute Gasteiger partial charge is 0.496 e. The van der Waals surface area contributed by atoms with Crippen molar-refractivity contribution in [3.8, 4) is 5.75 Å². The molecule has 0 saturated carbocycles. The van der Waals surface area contributed by atoms with E-state index in [1.54, 1.807) is 6.92 Å². The third-order valence-electron chi connectivity index (χ3n) is 2.92. The summed E-state index contributed by atoms with van der Waals surface area (Å²) in [6, 6.07) is 4.16. The highest BCUT2D eigenvalue weighted by molar-refractivity contribution is 5.97. The lowest BCUT2D eigenvalue weighted by molar-refractivity contribution is 0.0777. The van der Waals surface area contributed by atoms with Crippen LogP contribution in [0.25, 0.3) is 0 Å². The van der Waals surface area contributed by atoms with Crippen molar-refractivity contribution in [1.29, 1.82) is 0 Å². The number of rotatable bonds is 5. The number of nitrogens with two attached hydrogens (primary N) is 1. The zero-order valence-electron chi connectivity index (χ0n) is 11.6. The van der Waals surface area contributed by atoms with Crippen LogP contribution < -0.4 is 10.5 Å². The molecule has 0 bridgehead atoms. The van der Waals surface area contributed by atoms with Gasteiger partial charge in [-0.25, -0.2) is 4.39 Å². The number of hydrogen-bond acceptors (Lipinski definition) is 4. The first-order valence-electron chi connectivity index (χ1n) is 5.97. The number of amidine groups is 1. The summed E-state index contributed by atoms with van der Waals surface area (Å²) in [5.41, 5.74) is 5.32. The van der Waals surface area contributed by atoms with Crippen molar-refractivity contribution in [3.05, 3.63) is 29.6 Å². The Morgan fingerprint density at radius 1 is 1.60 bits per heavy atom. The van der Waals surface area contributed by atoms with Crippen molar-refractivity contribution in [2.24, 2.45) is 16.8 Å². The van der Waals surface area contributed by atoms with E-state index in [4.69, 9.17) is 15.7 Å². The first-order valence-corrected chi connectivity index (χ1v) is 5.97. The number of ether oxygens (including phenoxy) is 1. The zero-order chi connectivity index (χ0) is 15.3. The van der Waals surface area contributed by atoms with Gasteiger partial charge in [-0.3, -0.25) is 4.79 Å². The summed E-state index contributed by atoms with van der Waals surface area (Å²) in [5, 5.41) is 11.5. The van der Waals surface area contributed by atoms with Crippen LogP contribution in [-0.2, 0) is 0 Å². The summed E-state index contributed by atoms with van der Waals surface area (Å²) < 4.78 is 18.8. The van der Waals surface area contributed by atoms with Gasteiger partial charge in [0.2, 0.25) is 0 Å². The fourth-order valence-electron chi connectivity index (χ4n) is 1.76. The summed E-state index contributed by atoms with van der Waals surface area (Å²) in [4.78, 5) is 13.5. The molecule has 0 radical (unpaired) electrons. The van der Waals surface area contributed by atoms with Crippen LogP contribution in [0.2, 0.25) is 0 Å². The van der Waals surface area contributed by atoms with E-state index in [9.17, 15) is 9.18 Å². The fourth-order valence-corrected chi connectivity index (χ4v) is 1.76. The lowest BCUT2D eigenvalue weighted by Gasteiger charge is -2.22. The van der Waals surface area contributed by atoms with E-state index in [1.807, 2.05) is 0 Å². The van der Waals surface area contributed by atoms with Crippen LogP contribution in [0.4, 0.5) is 4.39 Å². The Morgan fingerprint density at radius 2 is 2.25 bits per heavy atom. The van der Waals surface area contributed by atoms with Crippen molar-refractivity contribution in [2.45, 2.75) is 6.92 Å². The predicted molar refractivity (Wildman–Crippen MR) is 72.5 cm³/mol. The third kappa shape index (κ3) is 3.37. The van der Waals surface area contributed by atoms with Crippen LogP contribution >= 0.6 is 0 Å². The fraction of sp³-hybridized carbons (Fsp3) is 0.385. The molecule has 110 valence electrons. The summed E-state index contributed by atoms with van der Waals surface area (Å²) in [6.07, 6.45) is 0. The van der Waals surface area contributed by atoms with Gasteiger partial charge in [0.15, 0.2) is 0 Å². The third-order valence-corrected chi connectivity index (χ3v) is 2.92. The van der Waals surface area contributed by atoms with Gasteiger partial charge in [-0.1, -0.05) is 18.1 Å². The molecule has 1 amide bonds. The number of carbonyl (C=O) groups is 1. The van der Waals surface area contributed by atoms with Crippen molar-refractivity contribution >= 4 is 11.7 Å². The van der Waals surface area contributed by atoms with Crippen molar-refractivity contribution < 1.29 is 19.1 Å². The lowest BCUT2D eigenvalue weighted by atomic mass is 10.1. The molecule has 6 nitrogen and oxygen atoms in total. The molecular weight excluding hydrogens is 265 g/mol. The summed E-state index contributed by atoms with van der Waals surface area (Å²) in [7, 11) is 2.87. The van der Waals surface area contributed by atoms with Gasteiger partial charge in [0.1, 0.15) is 23.0 Å². The minimum atomic E-state index is -0.655. The second-order valence-electron chi connectivity index (χ2n) is 4.43. The maximum absolute atomic E-state index is 13.8. The van der Waals surface area contributed by atoms with Gasteiger partial charge < -0.3 is 20.6 Å². The van der Waals surface area contributed by atoms with Crippen LogP contribution in [0.5, 0.6) is 5.75 Å². The molecule has 0 aromatic heterocycles. The molecule has 20 heavy (non-hydrogen) atoms. The number of methoxy groups -OCH3 is 1. The Balaban J connectivity index is 2.95. The predicted octanol–water partition coefficient (Wildman–Crippen LogP) is 1.29. The van der Waals surface area contributed by atoms with Gasteiger partial charge in [-0.15, -0.1) is 0 Å². The van der Waals surface area contributed by atoms with Crippen LogP contribution in [0.1, 0.15) is 17.3 Å². The second kappa shape index (κ2) is 6.74. The average Bonchev–Trinajstić information content (AvgIpc) is 2.44. The quantitative estimate of drug-likeness (QED) is 0.369. The molecule has 0 spiro atoms. The smallest absolute Gasteiger partial charge is 0.260 e. The molecule has 0 aliphatic heterocycles. The van der Waals surface area contributed by atoms with Crippen molar-refractivity contribution in [3.63, 3.8) is 0 Å². The van der Waals surface area contributed by atoms with Gasteiger partial charge in [-0.2, -0.15) is 0 Å². The molecule has 0 fully saturated rings. The van der Waals surface area contributed by atoms with Crippen LogP contribution in [0.15, 0.2) is 23.4 Å². The molecule has 3 N–H and O–H groups in total. The molecule has 0 aliphatic rings. The summed E-state index contributed by atoms with van der Waals surface area (Å²) >= 11 is 0. The van der Waals surface area contributed by atoms with E-state index < -0.39 is 11.7 Å². The number of oxime groups is 1. The monoisotopic (exact) mass is 283 g/mol. The Bertz CT molecular complexity index is 520. The zero-order valence-corrected chi connectivity index (χ0v) is 11.6. The van der Waals surface area contributed by atoms with Gasteiger partial charge in [-0.05, 0) is 12.1 Å². The number of amides is 1. The van der Waals surface area contributed by atoms with Gasteiger partial charge >= 0.3 is 0 Å². The molecule has 1 aromatic carbocycles. The first-order chi connectivity index (χ1) is 9.42. The van der Waals surface area contributed by atoms with E-state index in [2.05, 4.69) is 5.16 Å². The summed E-state index contributed by atoms with van der Waals surface area (Å²) in [6.45, 7) is 1.88.